The van der Waals surface area contributed by atoms with Crippen LogP contribution >= 0.6 is 0 Å². The van der Waals surface area contributed by atoms with Gasteiger partial charge in [-0.1, -0.05) is 13.8 Å². The Hall–Kier alpha value is -2.45. The van der Waals surface area contributed by atoms with Gasteiger partial charge in [-0.15, -0.1) is 5.01 Å². The first-order valence-corrected chi connectivity index (χ1v) is 16.7. The number of carbonyl (C=O) groups is 1. The first-order chi connectivity index (χ1) is 20.2. The van der Waals surface area contributed by atoms with Gasteiger partial charge in [0.1, 0.15) is 23.1 Å². The molecule has 240 valence electrons. The molecule has 1 amide bonds. The number of nitrogens with zero attached hydrogens (tertiary/aromatic N) is 4. The van der Waals surface area contributed by atoms with E-state index in [9.17, 15) is 36.4 Å². The number of alkyl halides is 3. The number of hydrazine groups is 1. The first-order valence-electron chi connectivity index (χ1n) is 15.3. The van der Waals surface area contributed by atoms with Crippen LogP contribution in [0.25, 0.3) is 0 Å². The number of hydrogen-bond donors (Lipinski definition) is 2. The Bertz CT molecular complexity index is 1280. The minimum Gasteiger partial charge on any atom is -0.374 e. The van der Waals surface area contributed by atoms with Crippen molar-refractivity contribution in [3.05, 3.63) is 29.2 Å². The molecule has 14 heteroatoms. The van der Waals surface area contributed by atoms with E-state index in [0.717, 1.165) is 6.42 Å². The third kappa shape index (κ3) is 6.51. The van der Waals surface area contributed by atoms with Crippen LogP contribution < -0.4 is 5.32 Å². The second kappa shape index (κ2) is 12.2. The number of benzene rings is 1. The van der Waals surface area contributed by atoms with Crippen molar-refractivity contribution in [1.29, 1.82) is 0 Å². The summed E-state index contributed by atoms with van der Waals surface area (Å²) in [5.41, 5.74) is 0.594. The van der Waals surface area contributed by atoms with Gasteiger partial charge in [-0.05, 0) is 87.0 Å². The number of carbonyl (C=O) groups excluding carboxylic acids is 1. The van der Waals surface area contributed by atoms with E-state index in [2.05, 4.69) is 5.32 Å². The lowest BCUT2D eigenvalue weighted by Gasteiger charge is -2.41. The van der Waals surface area contributed by atoms with Crippen molar-refractivity contribution in [2.75, 3.05) is 38.0 Å². The summed E-state index contributed by atoms with van der Waals surface area (Å²) in [6.07, 6.45) is -2.78. The number of rotatable bonds is 6. The predicted molar refractivity (Wildman–Crippen MR) is 153 cm³/mol. The van der Waals surface area contributed by atoms with Crippen molar-refractivity contribution in [2.45, 2.75) is 82.3 Å². The van der Waals surface area contributed by atoms with E-state index in [1.165, 1.54) is 21.4 Å². The topological polar surface area (TPSA) is 113 Å². The Labute approximate surface area is 251 Å². The van der Waals surface area contributed by atoms with Crippen LogP contribution in [0, 0.1) is 34.5 Å². The molecule has 5 rings (SSSR count). The quantitative estimate of drug-likeness (QED) is 0.364. The molecule has 0 saturated carbocycles. The van der Waals surface area contributed by atoms with E-state index in [1.807, 2.05) is 13.8 Å². The van der Waals surface area contributed by atoms with E-state index >= 15 is 0 Å². The predicted octanol–water partition coefficient (Wildman–Crippen LogP) is 3.68. The molecule has 43 heavy (non-hydrogen) atoms. The number of nitrogens with one attached hydrogen (secondary N) is 1. The Balaban J connectivity index is 1.27. The fraction of sp³-hybridized carbons (Fsp3) is 0.759. The monoisotopic (exact) mass is 630 g/mol. The lowest BCUT2D eigenvalue weighted by Crippen LogP contribution is -2.53. The number of piperidine rings is 3. The number of nitroso groups, excluding NO2 is 1. The van der Waals surface area contributed by atoms with Crippen LogP contribution in [-0.2, 0) is 14.8 Å². The van der Waals surface area contributed by atoms with E-state index in [4.69, 9.17) is 0 Å². The molecular formula is C29H43F3N5O5S+. The summed E-state index contributed by atoms with van der Waals surface area (Å²) in [5.74, 6) is -1.63. The molecule has 0 aromatic heterocycles. The number of halogens is 3. The smallest absolute Gasteiger partial charge is 0.374 e. The molecule has 4 saturated heterocycles. The molecule has 0 spiro atoms. The van der Waals surface area contributed by atoms with Gasteiger partial charge in [0.25, 0.3) is 0 Å². The number of aliphatic hydroxyl groups is 1. The number of anilines is 1. The molecule has 1 aromatic carbocycles. The Kier molecular flexibility index (Phi) is 9.03. The molecule has 4 heterocycles. The molecule has 0 bridgehead atoms. The van der Waals surface area contributed by atoms with E-state index in [1.54, 1.807) is 24.0 Å². The lowest BCUT2D eigenvalue weighted by atomic mass is 9.74. The Morgan fingerprint density at radius 2 is 1.58 bits per heavy atom. The normalized spacial score (nSPS) is 32.0. The summed E-state index contributed by atoms with van der Waals surface area (Å²) in [6, 6.07) is 2.95. The third-order valence-corrected chi connectivity index (χ3v) is 11.6. The summed E-state index contributed by atoms with van der Waals surface area (Å²) in [7, 11) is -3.74. The number of amides is 1. The van der Waals surface area contributed by atoms with Crippen LogP contribution in [0.5, 0.6) is 0 Å². The molecule has 0 radical (unpaired) electrons. The lowest BCUT2D eigenvalue weighted by molar-refractivity contribution is -0.735. The first kappa shape index (κ1) is 32.0. The Morgan fingerprint density at radius 1 is 1.00 bits per heavy atom. The summed E-state index contributed by atoms with van der Waals surface area (Å²) < 4.78 is 70.9. The van der Waals surface area contributed by atoms with Crippen molar-refractivity contribution in [2.24, 2.45) is 29.6 Å². The van der Waals surface area contributed by atoms with Crippen LogP contribution in [0.2, 0.25) is 0 Å². The van der Waals surface area contributed by atoms with Gasteiger partial charge in [0.15, 0.2) is 0 Å². The van der Waals surface area contributed by atoms with Crippen LogP contribution in [0.1, 0.15) is 52.9 Å². The Morgan fingerprint density at radius 3 is 2.14 bits per heavy atom. The molecule has 7 unspecified atom stereocenters. The summed E-state index contributed by atoms with van der Waals surface area (Å²) in [5, 5.41) is 13.5. The highest BCUT2D eigenvalue weighted by atomic mass is 32.2. The average molecular weight is 631 g/mol. The van der Waals surface area contributed by atoms with Gasteiger partial charge in [-0.2, -0.15) is 17.5 Å². The molecule has 4 fully saturated rings. The molecule has 4 aliphatic rings. The fourth-order valence-electron chi connectivity index (χ4n) is 7.91. The maximum atomic E-state index is 14.3. The largest absolute Gasteiger partial charge is 0.460 e. The van der Waals surface area contributed by atoms with Crippen molar-refractivity contribution >= 4 is 21.6 Å². The maximum Gasteiger partial charge on any atom is 0.460 e. The summed E-state index contributed by atoms with van der Waals surface area (Å²) in [6.45, 7) is 7.05. The molecular weight excluding hydrogens is 587 g/mol. The van der Waals surface area contributed by atoms with Gasteiger partial charge in [-0.25, -0.2) is 8.42 Å². The number of aliphatic hydroxyl groups excluding tert-OH is 1. The minimum atomic E-state index is -4.84. The van der Waals surface area contributed by atoms with Gasteiger partial charge < -0.3 is 15.3 Å². The highest BCUT2D eigenvalue weighted by Crippen LogP contribution is 2.46. The van der Waals surface area contributed by atoms with Crippen LogP contribution in [0.4, 0.5) is 18.9 Å². The molecule has 0 aliphatic carbocycles. The van der Waals surface area contributed by atoms with Crippen molar-refractivity contribution in [3.63, 3.8) is 0 Å². The van der Waals surface area contributed by atoms with Gasteiger partial charge in [-0.3, -0.25) is 4.79 Å². The second-order valence-corrected chi connectivity index (χ2v) is 15.0. The SMILES string of the molecule is CC1CC(C)CN(C(=O)C2C3CC(C4CCN(S(=O)(=O)c5ccc(NC(C)O)cc5)CC4)CCN3[N+](=O)C2C(F)(F)F)C1. The molecule has 1 aromatic rings. The molecule has 2 N–H and O–H groups in total. The van der Waals surface area contributed by atoms with Crippen LogP contribution in [0.3, 0.4) is 0 Å². The standard InChI is InChI=1S/C29H43F3N5O5S/c1-18-14-19(2)17-34(16-18)28(39)26-25-15-22(10-13-36(25)37(40)27(26)29(30,31)32)21-8-11-35(12-9-21)43(41,42)24-6-4-23(5-7-24)33-20(3)38/h4-7,18-22,25-27,33,38H,8-17H2,1-3H3/q+1. The van der Waals surface area contributed by atoms with E-state index in [0.29, 0.717) is 44.5 Å². The number of fused-ring (bicyclic) bond motifs is 1. The number of sulfonamides is 1. The second-order valence-electron chi connectivity index (χ2n) is 13.1. The molecule has 4 aliphatic heterocycles. The van der Waals surface area contributed by atoms with Gasteiger partial charge in [0.05, 0.1) is 16.3 Å². The van der Waals surface area contributed by atoms with Crippen LogP contribution in [0.15, 0.2) is 29.2 Å². The van der Waals surface area contributed by atoms with Gasteiger partial charge >= 0.3 is 12.2 Å². The number of likely N-dealkylation sites (tertiary alicyclic amines) is 1. The van der Waals surface area contributed by atoms with Gasteiger partial charge in [0.2, 0.25) is 15.9 Å². The zero-order valence-corrected chi connectivity index (χ0v) is 25.7. The summed E-state index contributed by atoms with van der Waals surface area (Å²) >= 11 is 0. The highest BCUT2D eigenvalue weighted by molar-refractivity contribution is 7.89. The minimum absolute atomic E-state index is 0.00757. The highest BCUT2D eigenvalue weighted by Gasteiger charge is 2.71. The third-order valence-electron chi connectivity index (χ3n) is 9.74. The van der Waals surface area contributed by atoms with E-state index < -0.39 is 46.3 Å². The fourth-order valence-corrected chi connectivity index (χ4v) is 9.38. The zero-order valence-electron chi connectivity index (χ0n) is 24.9. The van der Waals surface area contributed by atoms with Crippen molar-refractivity contribution in [1.82, 2.24) is 14.2 Å². The number of hydrogen-bond acceptors (Lipinski definition) is 6. The van der Waals surface area contributed by atoms with Crippen molar-refractivity contribution < 1.29 is 36.4 Å². The zero-order chi connectivity index (χ0) is 31.3. The molecule has 10 nitrogen and oxygen atoms in total. The summed E-state index contributed by atoms with van der Waals surface area (Å²) in [4.78, 5) is 28.5. The maximum absolute atomic E-state index is 14.3. The average Bonchev–Trinajstić information content (AvgIpc) is 3.24. The van der Waals surface area contributed by atoms with Crippen molar-refractivity contribution in [3.8, 4) is 0 Å². The van der Waals surface area contributed by atoms with Crippen LogP contribution in [-0.4, -0.2) is 95.7 Å². The van der Waals surface area contributed by atoms with Gasteiger partial charge in [0, 0.05) is 31.9 Å². The molecule has 7 atom stereocenters. The van der Waals surface area contributed by atoms with E-state index in [-0.39, 0.29) is 53.1 Å².